The van der Waals surface area contributed by atoms with Gasteiger partial charge in [-0.3, -0.25) is 4.79 Å². The Bertz CT molecular complexity index is 550. The molecule has 2 unspecified atom stereocenters. The Morgan fingerprint density at radius 2 is 1.95 bits per heavy atom. The Morgan fingerprint density at radius 1 is 1.20 bits per heavy atom. The Hall–Kier alpha value is -2.10. The van der Waals surface area contributed by atoms with Crippen LogP contribution in [0.4, 0.5) is 0 Å². The van der Waals surface area contributed by atoms with E-state index in [9.17, 15) is 9.59 Å². The molecular weight excluding hydrogens is 254 g/mol. The fraction of sp³-hybridized carbons (Fsp3) is 0.375. The van der Waals surface area contributed by atoms with E-state index in [1.807, 2.05) is 6.07 Å². The molecule has 4 nitrogen and oxygen atoms in total. The van der Waals surface area contributed by atoms with Gasteiger partial charge in [-0.1, -0.05) is 36.8 Å². The van der Waals surface area contributed by atoms with Gasteiger partial charge in [0.2, 0.25) is 0 Å². The highest BCUT2D eigenvalue weighted by molar-refractivity contribution is 6.08. The first-order valence-corrected chi connectivity index (χ1v) is 7.02. The van der Waals surface area contributed by atoms with Gasteiger partial charge in [0.05, 0.1) is 6.04 Å². The number of benzene rings is 1. The summed E-state index contributed by atoms with van der Waals surface area (Å²) in [4.78, 5) is 24.0. The van der Waals surface area contributed by atoms with Crippen molar-refractivity contribution < 1.29 is 14.3 Å². The maximum Gasteiger partial charge on any atom is 0.354 e. The van der Waals surface area contributed by atoms with Crippen LogP contribution in [0, 0.1) is 0 Å². The summed E-state index contributed by atoms with van der Waals surface area (Å²) in [5, 5.41) is 3.17. The van der Waals surface area contributed by atoms with Crippen molar-refractivity contribution in [1.82, 2.24) is 5.32 Å². The van der Waals surface area contributed by atoms with E-state index in [4.69, 9.17) is 4.74 Å². The van der Waals surface area contributed by atoms with Crippen LogP contribution in [-0.4, -0.2) is 23.9 Å². The van der Waals surface area contributed by atoms with E-state index >= 15 is 0 Å². The molecule has 1 aliphatic carbocycles. The summed E-state index contributed by atoms with van der Waals surface area (Å²) in [6, 6.07) is 9.07. The van der Waals surface area contributed by atoms with Crippen molar-refractivity contribution in [3.8, 4) is 0 Å². The molecule has 20 heavy (non-hydrogen) atoms. The number of ether oxygens (including phenoxy) is 1. The van der Waals surface area contributed by atoms with Crippen LogP contribution in [-0.2, 0) is 9.53 Å². The summed E-state index contributed by atoms with van der Waals surface area (Å²) in [6.45, 7) is 0. The molecule has 104 valence electrons. The van der Waals surface area contributed by atoms with Crippen LogP contribution < -0.4 is 5.32 Å². The first-order chi connectivity index (χ1) is 9.74. The lowest BCUT2D eigenvalue weighted by Crippen LogP contribution is -2.50. The van der Waals surface area contributed by atoms with Gasteiger partial charge in [0.15, 0.2) is 5.78 Å². The number of hydrogen-bond acceptors (Lipinski definition) is 4. The quantitative estimate of drug-likeness (QED) is 0.509. The van der Waals surface area contributed by atoms with Crippen molar-refractivity contribution in [3.05, 3.63) is 47.7 Å². The summed E-state index contributed by atoms with van der Waals surface area (Å²) in [6.07, 6.45) is 5.42. The topological polar surface area (TPSA) is 55.4 Å². The molecule has 1 aromatic carbocycles. The Balaban J connectivity index is 1.77. The van der Waals surface area contributed by atoms with Crippen molar-refractivity contribution in [2.75, 3.05) is 0 Å². The molecule has 0 spiro atoms. The molecule has 2 atom stereocenters. The van der Waals surface area contributed by atoms with Gasteiger partial charge in [-0.05, 0) is 19.3 Å². The third kappa shape index (κ3) is 2.59. The molecule has 0 aromatic heterocycles. The van der Waals surface area contributed by atoms with Gasteiger partial charge in [-0.2, -0.15) is 0 Å². The van der Waals surface area contributed by atoms with Gasteiger partial charge < -0.3 is 10.1 Å². The van der Waals surface area contributed by atoms with Crippen LogP contribution in [0.15, 0.2) is 42.1 Å². The van der Waals surface area contributed by atoms with E-state index in [1.165, 1.54) is 6.08 Å². The monoisotopic (exact) mass is 271 g/mol. The van der Waals surface area contributed by atoms with E-state index in [2.05, 4.69) is 5.32 Å². The largest absolute Gasteiger partial charge is 0.456 e. The molecule has 1 aromatic rings. The average Bonchev–Trinajstić information content (AvgIpc) is 2.49. The van der Waals surface area contributed by atoms with Crippen LogP contribution in [0.5, 0.6) is 0 Å². The molecule has 1 saturated carbocycles. The van der Waals surface area contributed by atoms with Crippen LogP contribution in [0.1, 0.15) is 36.0 Å². The summed E-state index contributed by atoms with van der Waals surface area (Å²) in [7, 11) is 0. The van der Waals surface area contributed by atoms with E-state index in [-0.39, 0.29) is 23.6 Å². The number of esters is 1. The lowest BCUT2D eigenvalue weighted by atomic mass is 9.91. The molecule has 1 aliphatic heterocycles. The van der Waals surface area contributed by atoms with Crippen molar-refractivity contribution >= 4 is 11.8 Å². The molecule has 2 fully saturated rings. The molecule has 1 N–H and O–H groups in total. The van der Waals surface area contributed by atoms with Gasteiger partial charge in [0, 0.05) is 11.6 Å². The number of morpholine rings is 1. The number of allylic oxidation sites excluding steroid dienone is 1. The molecule has 0 radical (unpaired) electrons. The maximum atomic E-state index is 12.1. The van der Waals surface area contributed by atoms with E-state index in [0.717, 1.165) is 25.7 Å². The zero-order valence-corrected chi connectivity index (χ0v) is 11.2. The van der Waals surface area contributed by atoms with E-state index in [0.29, 0.717) is 5.56 Å². The fourth-order valence-electron chi connectivity index (χ4n) is 2.78. The highest BCUT2D eigenvalue weighted by atomic mass is 16.5. The smallest absolute Gasteiger partial charge is 0.354 e. The van der Waals surface area contributed by atoms with Gasteiger partial charge >= 0.3 is 5.97 Å². The van der Waals surface area contributed by atoms with Crippen molar-refractivity contribution in [2.45, 2.75) is 37.8 Å². The molecule has 4 heteroatoms. The lowest BCUT2D eigenvalue weighted by molar-refractivity contribution is -0.151. The molecule has 3 rings (SSSR count). The standard InChI is InChI=1S/C16H17NO3/c18-14(11-6-2-1-3-7-11)10-13-16(19)20-15-9-5-4-8-12(15)17-13/h1-3,6-7,10,12,15,17H,4-5,8-9H2. The highest BCUT2D eigenvalue weighted by Gasteiger charge is 2.35. The fourth-order valence-corrected chi connectivity index (χ4v) is 2.78. The number of nitrogens with one attached hydrogen (secondary N) is 1. The third-order valence-electron chi connectivity index (χ3n) is 3.86. The van der Waals surface area contributed by atoms with Gasteiger partial charge in [-0.15, -0.1) is 0 Å². The third-order valence-corrected chi connectivity index (χ3v) is 3.86. The van der Waals surface area contributed by atoms with Gasteiger partial charge in [-0.25, -0.2) is 4.79 Å². The average molecular weight is 271 g/mol. The van der Waals surface area contributed by atoms with Crippen molar-refractivity contribution in [3.63, 3.8) is 0 Å². The second-order valence-electron chi connectivity index (χ2n) is 5.27. The SMILES string of the molecule is O=C1OC2CCCCC2NC1=CC(=O)c1ccccc1. The molecular formula is C16H17NO3. The Kier molecular flexibility index (Phi) is 3.54. The second kappa shape index (κ2) is 5.49. The summed E-state index contributed by atoms with van der Waals surface area (Å²) in [5.41, 5.74) is 0.849. The minimum Gasteiger partial charge on any atom is -0.456 e. The van der Waals surface area contributed by atoms with Gasteiger partial charge in [0.1, 0.15) is 11.8 Å². The first kappa shape index (κ1) is 12.9. The molecule has 0 amide bonds. The summed E-state index contributed by atoms with van der Waals surface area (Å²) < 4.78 is 5.42. The van der Waals surface area contributed by atoms with Crippen LogP contribution in [0.2, 0.25) is 0 Å². The van der Waals surface area contributed by atoms with Crippen LogP contribution in [0.25, 0.3) is 0 Å². The number of rotatable bonds is 2. The van der Waals surface area contributed by atoms with Crippen LogP contribution in [0.3, 0.4) is 0 Å². The zero-order valence-electron chi connectivity index (χ0n) is 11.2. The number of hydrogen-bond donors (Lipinski definition) is 1. The van der Waals surface area contributed by atoms with Gasteiger partial charge in [0.25, 0.3) is 0 Å². The molecule has 0 bridgehead atoms. The zero-order chi connectivity index (χ0) is 13.9. The lowest BCUT2D eigenvalue weighted by Gasteiger charge is -2.36. The minimum absolute atomic E-state index is 0.0415. The molecule has 1 saturated heterocycles. The Morgan fingerprint density at radius 3 is 2.75 bits per heavy atom. The number of fused-ring (bicyclic) bond motifs is 1. The van der Waals surface area contributed by atoms with Crippen LogP contribution >= 0.6 is 0 Å². The predicted octanol–water partition coefficient (Wildman–Crippen LogP) is 2.21. The first-order valence-electron chi connectivity index (χ1n) is 7.02. The van der Waals surface area contributed by atoms with Crippen molar-refractivity contribution in [1.29, 1.82) is 0 Å². The predicted molar refractivity (Wildman–Crippen MR) is 74.1 cm³/mol. The highest BCUT2D eigenvalue weighted by Crippen LogP contribution is 2.26. The normalized spacial score (nSPS) is 27.4. The van der Waals surface area contributed by atoms with E-state index < -0.39 is 5.97 Å². The molecule has 2 aliphatic rings. The summed E-state index contributed by atoms with van der Waals surface area (Å²) in [5.74, 6) is -0.600. The Labute approximate surface area is 117 Å². The number of carbonyl (C=O) groups excluding carboxylic acids is 2. The number of carbonyl (C=O) groups is 2. The number of ketones is 1. The minimum atomic E-state index is -0.419. The summed E-state index contributed by atoms with van der Waals surface area (Å²) >= 11 is 0. The van der Waals surface area contributed by atoms with Crippen molar-refractivity contribution in [2.24, 2.45) is 0 Å². The molecule has 1 heterocycles. The van der Waals surface area contributed by atoms with E-state index in [1.54, 1.807) is 24.3 Å². The maximum absolute atomic E-state index is 12.1. The second-order valence-corrected chi connectivity index (χ2v) is 5.27.